The number of hydrogen-bond acceptors (Lipinski definition) is 2. The van der Waals surface area contributed by atoms with Crippen LogP contribution in [-0.2, 0) is 6.42 Å². The number of aromatic carboxylic acids is 1. The van der Waals surface area contributed by atoms with Crippen molar-refractivity contribution in [3.05, 3.63) is 40.5 Å². The predicted molar refractivity (Wildman–Crippen MR) is 81.5 cm³/mol. The van der Waals surface area contributed by atoms with Crippen molar-refractivity contribution < 1.29 is 15.0 Å². The Balaban J connectivity index is 3.36. The van der Waals surface area contributed by atoms with Crippen LogP contribution in [-0.4, -0.2) is 16.2 Å². The molecule has 0 aliphatic heterocycles. The van der Waals surface area contributed by atoms with E-state index in [1.54, 1.807) is 12.1 Å². The molecule has 0 saturated carbocycles. The molecule has 2 N–H and O–H groups in total. The van der Waals surface area contributed by atoms with E-state index in [0.717, 1.165) is 11.1 Å². The van der Waals surface area contributed by atoms with E-state index in [0.29, 0.717) is 17.9 Å². The van der Waals surface area contributed by atoms with Gasteiger partial charge in [-0.2, -0.15) is 0 Å². The molecule has 0 fully saturated rings. The highest BCUT2D eigenvalue weighted by Crippen LogP contribution is 2.35. The topological polar surface area (TPSA) is 57.5 Å². The van der Waals surface area contributed by atoms with Crippen molar-refractivity contribution in [2.24, 2.45) is 5.92 Å². The molecule has 0 radical (unpaired) electrons. The fourth-order valence-corrected chi connectivity index (χ4v) is 2.02. The fourth-order valence-electron chi connectivity index (χ4n) is 2.02. The van der Waals surface area contributed by atoms with Crippen LogP contribution in [0.5, 0.6) is 5.75 Å². The van der Waals surface area contributed by atoms with Gasteiger partial charge in [0.1, 0.15) is 5.75 Å². The predicted octanol–water partition coefficient (Wildman–Crippen LogP) is 4.36. The molecule has 1 atom stereocenters. The highest BCUT2D eigenvalue weighted by molar-refractivity contribution is 5.88. The van der Waals surface area contributed by atoms with E-state index >= 15 is 0 Å². The number of carboxylic acid groups (broad SMARTS) is 1. The maximum absolute atomic E-state index is 11.3. The lowest BCUT2D eigenvalue weighted by molar-refractivity contribution is 0.0696. The molecule has 20 heavy (non-hydrogen) atoms. The summed E-state index contributed by atoms with van der Waals surface area (Å²) in [4.78, 5) is 11.3. The first kappa shape index (κ1) is 16.3. The molecule has 1 aromatic carbocycles. The van der Waals surface area contributed by atoms with Crippen LogP contribution < -0.4 is 0 Å². The molecule has 110 valence electrons. The summed E-state index contributed by atoms with van der Waals surface area (Å²) in [5.74, 6) is -0.282. The molecule has 0 heterocycles. The molecule has 0 aliphatic rings. The van der Waals surface area contributed by atoms with E-state index < -0.39 is 5.97 Å². The third kappa shape index (κ3) is 3.86. The zero-order valence-corrected chi connectivity index (χ0v) is 12.9. The van der Waals surface area contributed by atoms with E-state index in [2.05, 4.69) is 13.8 Å². The normalized spacial score (nSPS) is 12.3. The number of allylic oxidation sites excluding steroid dienone is 2. The molecule has 0 amide bonds. The van der Waals surface area contributed by atoms with Crippen molar-refractivity contribution >= 4 is 5.97 Å². The highest BCUT2D eigenvalue weighted by Gasteiger charge is 2.19. The lowest BCUT2D eigenvalue weighted by Crippen LogP contribution is -2.07. The summed E-state index contributed by atoms with van der Waals surface area (Å²) in [6.07, 6.45) is 2.54. The van der Waals surface area contributed by atoms with Crippen LogP contribution in [0.25, 0.3) is 0 Å². The Labute approximate surface area is 121 Å². The van der Waals surface area contributed by atoms with Crippen molar-refractivity contribution in [3.8, 4) is 5.75 Å². The molecule has 3 nitrogen and oxygen atoms in total. The number of hydrogen-bond donors (Lipinski definition) is 2. The van der Waals surface area contributed by atoms with Gasteiger partial charge in [0, 0.05) is 0 Å². The van der Waals surface area contributed by atoms with Gasteiger partial charge in [-0.3, -0.25) is 0 Å². The Morgan fingerprint density at radius 3 is 2.30 bits per heavy atom. The van der Waals surface area contributed by atoms with E-state index in [1.807, 2.05) is 26.8 Å². The minimum atomic E-state index is -0.958. The molecule has 0 spiro atoms. The quantitative estimate of drug-likeness (QED) is 0.786. The molecule has 3 heteroatoms. The van der Waals surface area contributed by atoms with Crippen LogP contribution in [0.3, 0.4) is 0 Å². The van der Waals surface area contributed by atoms with Gasteiger partial charge in [-0.15, -0.1) is 0 Å². The van der Waals surface area contributed by atoms with Gasteiger partial charge >= 0.3 is 5.97 Å². The second-order valence-electron chi connectivity index (χ2n) is 5.90. The smallest absolute Gasteiger partial charge is 0.335 e. The lowest BCUT2D eigenvalue weighted by Gasteiger charge is -2.20. The Morgan fingerprint density at radius 2 is 1.85 bits per heavy atom. The van der Waals surface area contributed by atoms with Crippen LogP contribution in [0.2, 0.25) is 0 Å². The third-order valence-electron chi connectivity index (χ3n) is 3.69. The molecule has 0 aliphatic carbocycles. The summed E-state index contributed by atoms with van der Waals surface area (Å²) in [6, 6.07) is 3.15. The van der Waals surface area contributed by atoms with E-state index in [4.69, 9.17) is 0 Å². The van der Waals surface area contributed by atoms with Crippen LogP contribution in [0.1, 0.15) is 62.0 Å². The van der Waals surface area contributed by atoms with Crippen molar-refractivity contribution in [2.45, 2.75) is 47.0 Å². The van der Waals surface area contributed by atoms with Gasteiger partial charge in [-0.05, 0) is 55.4 Å². The number of phenols is 1. The molecular weight excluding hydrogens is 252 g/mol. The van der Waals surface area contributed by atoms with E-state index in [9.17, 15) is 15.0 Å². The first-order chi connectivity index (χ1) is 9.23. The molecule has 0 bridgehead atoms. The van der Waals surface area contributed by atoms with Crippen molar-refractivity contribution in [1.82, 2.24) is 0 Å². The fraction of sp³-hybridized carbons (Fsp3) is 0.471. The van der Waals surface area contributed by atoms with E-state index in [-0.39, 0.29) is 17.2 Å². The zero-order valence-electron chi connectivity index (χ0n) is 12.9. The van der Waals surface area contributed by atoms with Crippen LogP contribution in [0.4, 0.5) is 0 Å². The van der Waals surface area contributed by atoms with E-state index in [1.165, 1.54) is 0 Å². The van der Waals surface area contributed by atoms with Crippen LogP contribution in [0.15, 0.2) is 23.8 Å². The summed E-state index contributed by atoms with van der Waals surface area (Å²) in [5.41, 5.74) is 2.77. The molecule has 0 aromatic heterocycles. The molecular formula is C17H24O3. The average Bonchev–Trinajstić information content (AvgIpc) is 2.36. The lowest BCUT2D eigenvalue weighted by atomic mass is 9.86. The minimum absolute atomic E-state index is 0.111. The van der Waals surface area contributed by atoms with Gasteiger partial charge in [-0.1, -0.05) is 32.4 Å². The number of carboxylic acids is 1. The van der Waals surface area contributed by atoms with Gasteiger partial charge < -0.3 is 10.2 Å². The molecule has 0 saturated heterocycles. The van der Waals surface area contributed by atoms with Gasteiger partial charge in [-0.25, -0.2) is 4.79 Å². The number of rotatable bonds is 5. The maximum atomic E-state index is 11.3. The second-order valence-corrected chi connectivity index (χ2v) is 5.90. The van der Waals surface area contributed by atoms with Gasteiger partial charge in [0.2, 0.25) is 0 Å². The number of phenolic OH excluding ortho intramolecular Hbond substituents is 1. The zero-order chi connectivity index (χ0) is 15.4. The summed E-state index contributed by atoms with van der Waals surface area (Å²) in [6.45, 7) is 10.1. The number of carbonyl (C=O) groups is 1. The number of benzene rings is 1. The largest absolute Gasteiger partial charge is 0.507 e. The Morgan fingerprint density at radius 1 is 1.25 bits per heavy atom. The van der Waals surface area contributed by atoms with Gasteiger partial charge in [0.15, 0.2) is 0 Å². The summed E-state index contributed by atoms with van der Waals surface area (Å²) < 4.78 is 0. The highest BCUT2D eigenvalue weighted by atomic mass is 16.4. The van der Waals surface area contributed by atoms with Crippen molar-refractivity contribution in [1.29, 1.82) is 0 Å². The first-order valence-electron chi connectivity index (χ1n) is 6.96. The summed E-state index contributed by atoms with van der Waals surface area (Å²) >= 11 is 0. The van der Waals surface area contributed by atoms with Crippen molar-refractivity contribution in [3.63, 3.8) is 0 Å². The number of aromatic hydroxyl groups is 1. The van der Waals surface area contributed by atoms with Crippen molar-refractivity contribution in [2.75, 3.05) is 0 Å². The van der Waals surface area contributed by atoms with Crippen LogP contribution in [0, 0.1) is 5.92 Å². The Bertz CT molecular complexity index is 523. The standard InChI is InChI=1S/C17H24O3/c1-10(2)6-7-13-8-14(17(19)20)9-15(16(13)18)12(5)11(3)4/h6,8-9,11-12,18H,7H2,1-5H3,(H,19,20). The third-order valence-corrected chi connectivity index (χ3v) is 3.69. The monoisotopic (exact) mass is 276 g/mol. The SMILES string of the molecule is CC(C)=CCc1cc(C(=O)O)cc(C(C)C(C)C)c1O. The summed E-state index contributed by atoms with van der Waals surface area (Å²) in [7, 11) is 0. The maximum Gasteiger partial charge on any atom is 0.335 e. The Kier molecular flexibility index (Phi) is 5.37. The van der Waals surface area contributed by atoms with Gasteiger partial charge in [0.25, 0.3) is 0 Å². The first-order valence-corrected chi connectivity index (χ1v) is 6.96. The molecule has 1 rings (SSSR count). The molecule has 1 aromatic rings. The van der Waals surface area contributed by atoms with Crippen LogP contribution >= 0.6 is 0 Å². The second kappa shape index (κ2) is 6.60. The minimum Gasteiger partial charge on any atom is -0.507 e. The molecule has 1 unspecified atom stereocenters. The average molecular weight is 276 g/mol. The van der Waals surface area contributed by atoms with Gasteiger partial charge in [0.05, 0.1) is 5.56 Å². The Hall–Kier alpha value is -1.77. The summed E-state index contributed by atoms with van der Waals surface area (Å²) in [5, 5.41) is 19.6.